The third-order valence-corrected chi connectivity index (χ3v) is 4.78. The molecule has 3 nitrogen and oxygen atoms in total. The molecule has 3 rings (SSSR count). The first-order valence-electron chi connectivity index (χ1n) is 8.58. The van der Waals surface area contributed by atoms with Crippen LogP contribution >= 0.6 is 0 Å². The van der Waals surface area contributed by atoms with Gasteiger partial charge in [-0.25, -0.2) is 0 Å². The van der Waals surface area contributed by atoms with E-state index in [1.165, 1.54) is 29.7 Å². The molecular weight excluding hydrogens is 282 g/mol. The lowest BCUT2D eigenvalue weighted by Crippen LogP contribution is -2.49. The molecule has 1 aliphatic heterocycles. The molecule has 2 aromatic rings. The summed E-state index contributed by atoms with van der Waals surface area (Å²) in [6, 6.07) is 20.7. The highest BCUT2D eigenvalue weighted by Gasteiger charge is 2.28. The lowest BCUT2D eigenvalue weighted by Gasteiger charge is -2.37. The Hall–Kier alpha value is -1.84. The average Bonchev–Trinajstić information content (AvgIpc) is 2.61. The first kappa shape index (κ1) is 16.0. The molecule has 0 saturated carbocycles. The third kappa shape index (κ3) is 3.92. The molecule has 1 fully saturated rings. The summed E-state index contributed by atoms with van der Waals surface area (Å²) in [6.45, 7) is 3.17. The van der Waals surface area contributed by atoms with Gasteiger partial charge >= 0.3 is 0 Å². The smallest absolute Gasteiger partial charge is 0.0478 e. The summed E-state index contributed by atoms with van der Waals surface area (Å²) in [5.74, 6) is 0. The van der Waals surface area contributed by atoms with Crippen LogP contribution in [-0.4, -0.2) is 19.1 Å². The molecule has 1 heterocycles. The van der Waals surface area contributed by atoms with E-state index >= 15 is 0 Å². The van der Waals surface area contributed by atoms with E-state index in [0.717, 1.165) is 6.54 Å². The number of nitrogens with one attached hydrogen (secondary N) is 3. The largest absolute Gasteiger partial charge is 0.388 e. The highest BCUT2D eigenvalue weighted by molar-refractivity contribution is 5.50. The summed E-state index contributed by atoms with van der Waals surface area (Å²) >= 11 is 0. The Kier molecular flexibility index (Phi) is 5.31. The monoisotopic (exact) mass is 309 g/mol. The normalized spacial score (nSPS) is 24.3. The maximum absolute atomic E-state index is 3.78. The first-order valence-corrected chi connectivity index (χ1v) is 8.58. The molecule has 1 aliphatic rings. The fourth-order valence-corrected chi connectivity index (χ4v) is 3.47. The number of para-hydroxylation sites is 1. The molecule has 2 aromatic carbocycles. The van der Waals surface area contributed by atoms with Gasteiger partial charge in [0.05, 0.1) is 0 Å². The molecule has 3 N–H and O–H groups in total. The van der Waals surface area contributed by atoms with Gasteiger partial charge in [-0.3, -0.25) is 0 Å². The van der Waals surface area contributed by atoms with Crippen LogP contribution in [0, 0.1) is 0 Å². The van der Waals surface area contributed by atoms with Gasteiger partial charge in [0.1, 0.15) is 0 Å². The topological polar surface area (TPSA) is 36.1 Å². The lowest BCUT2D eigenvalue weighted by molar-refractivity contribution is 0.261. The third-order valence-electron chi connectivity index (χ3n) is 4.78. The fraction of sp³-hybridized carbons (Fsp3) is 0.400. The Morgan fingerprint density at radius 3 is 2.52 bits per heavy atom. The fourth-order valence-electron chi connectivity index (χ4n) is 3.47. The van der Waals surface area contributed by atoms with Crippen molar-refractivity contribution < 1.29 is 0 Å². The summed E-state index contributed by atoms with van der Waals surface area (Å²) < 4.78 is 0. The van der Waals surface area contributed by atoms with Crippen LogP contribution in [0.3, 0.4) is 0 Å². The molecule has 0 spiro atoms. The van der Waals surface area contributed by atoms with Crippen LogP contribution in [0.15, 0.2) is 54.6 Å². The van der Waals surface area contributed by atoms with E-state index < -0.39 is 0 Å². The van der Waals surface area contributed by atoms with Crippen LogP contribution in [-0.2, 0) is 6.54 Å². The lowest BCUT2D eigenvalue weighted by atomic mass is 9.89. The molecule has 3 heteroatoms. The van der Waals surface area contributed by atoms with Gasteiger partial charge in [0.15, 0.2) is 0 Å². The number of hydrogen-bond acceptors (Lipinski definition) is 3. The second-order valence-electron chi connectivity index (χ2n) is 6.43. The van der Waals surface area contributed by atoms with Crippen LogP contribution < -0.4 is 16.0 Å². The maximum atomic E-state index is 3.78. The zero-order valence-electron chi connectivity index (χ0n) is 14.0. The zero-order valence-corrected chi connectivity index (χ0v) is 14.0. The molecule has 3 unspecified atom stereocenters. The molecule has 0 aliphatic carbocycles. The predicted molar refractivity (Wildman–Crippen MR) is 97.6 cm³/mol. The molecule has 122 valence electrons. The molecule has 3 atom stereocenters. The van der Waals surface area contributed by atoms with Crippen molar-refractivity contribution in [1.82, 2.24) is 10.6 Å². The minimum atomic E-state index is 0.377. The van der Waals surface area contributed by atoms with Crippen LogP contribution in [0.4, 0.5) is 5.69 Å². The summed E-state index contributed by atoms with van der Waals surface area (Å²) in [4.78, 5) is 0. The Balaban J connectivity index is 1.72. The summed E-state index contributed by atoms with van der Waals surface area (Å²) in [5.41, 5.74) is 3.90. The Bertz CT molecular complexity index is 611. The maximum Gasteiger partial charge on any atom is 0.0478 e. The van der Waals surface area contributed by atoms with Crippen molar-refractivity contribution in [1.29, 1.82) is 0 Å². The summed E-state index contributed by atoms with van der Waals surface area (Å²) in [5, 5.41) is 10.8. The number of hydrogen-bond donors (Lipinski definition) is 3. The van der Waals surface area contributed by atoms with Crippen molar-refractivity contribution >= 4 is 5.69 Å². The van der Waals surface area contributed by atoms with E-state index in [9.17, 15) is 0 Å². The SMILES string of the molecule is CNc1ccccc1CNC1CCC(C)NC1c1ccccc1. The van der Waals surface area contributed by atoms with E-state index in [0.29, 0.717) is 18.1 Å². The highest BCUT2D eigenvalue weighted by Crippen LogP contribution is 2.26. The Labute approximate surface area is 139 Å². The molecule has 1 saturated heterocycles. The van der Waals surface area contributed by atoms with E-state index in [1.54, 1.807) is 0 Å². The number of piperidine rings is 1. The van der Waals surface area contributed by atoms with Crippen LogP contribution in [0.2, 0.25) is 0 Å². The van der Waals surface area contributed by atoms with E-state index in [-0.39, 0.29) is 0 Å². The van der Waals surface area contributed by atoms with Crippen LogP contribution in [0.5, 0.6) is 0 Å². The average molecular weight is 309 g/mol. The number of anilines is 1. The van der Waals surface area contributed by atoms with Gasteiger partial charge in [-0.2, -0.15) is 0 Å². The quantitative estimate of drug-likeness (QED) is 0.788. The number of rotatable bonds is 5. The van der Waals surface area contributed by atoms with Crippen molar-refractivity contribution in [3.05, 3.63) is 65.7 Å². The molecule has 0 amide bonds. The van der Waals surface area contributed by atoms with Crippen molar-refractivity contribution in [3.8, 4) is 0 Å². The molecule has 0 aromatic heterocycles. The molecule has 0 radical (unpaired) electrons. The minimum Gasteiger partial charge on any atom is -0.388 e. The van der Waals surface area contributed by atoms with E-state index in [1.807, 2.05) is 7.05 Å². The van der Waals surface area contributed by atoms with E-state index in [4.69, 9.17) is 0 Å². The summed E-state index contributed by atoms with van der Waals surface area (Å²) in [7, 11) is 1.98. The van der Waals surface area contributed by atoms with Crippen LogP contribution in [0.1, 0.15) is 36.9 Å². The summed E-state index contributed by atoms with van der Waals surface area (Å²) in [6.07, 6.45) is 2.42. The van der Waals surface area contributed by atoms with Crippen molar-refractivity contribution in [3.63, 3.8) is 0 Å². The van der Waals surface area contributed by atoms with Gasteiger partial charge in [0, 0.05) is 37.4 Å². The second-order valence-corrected chi connectivity index (χ2v) is 6.43. The van der Waals surface area contributed by atoms with Gasteiger partial charge in [-0.1, -0.05) is 48.5 Å². The molecule has 23 heavy (non-hydrogen) atoms. The standard InChI is InChI=1S/C20H27N3/c1-15-12-13-19(20(23-15)16-8-4-3-5-9-16)22-14-17-10-6-7-11-18(17)21-2/h3-11,15,19-23H,12-14H2,1-2H3. The highest BCUT2D eigenvalue weighted by atomic mass is 15.1. The van der Waals surface area contributed by atoms with Gasteiger partial charge in [0.25, 0.3) is 0 Å². The van der Waals surface area contributed by atoms with Gasteiger partial charge in [0.2, 0.25) is 0 Å². The number of benzene rings is 2. The van der Waals surface area contributed by atoms with Crippen molar-refractivity contribution in [2.75, 3.05) is 12.4 Å². The predicted octanol–water partition coefficient (Wildman–Crippen LogP) is 3.70. The zero-order chi connectivity index (χ0) is 16.1. The first-order chi connectivity index (χ1) is 11.3. The van der Waals surface area contributed by atoms with Gasteiger partial charge in [-0.15, -0.1) is 0 Å². The molecular formula is C20H27N3. The van der Waals surface area contributed by atoms with Crippen LogP contribution in [0.25, 0.3) is 0 Å². The second kappa shape index (κ2) is 7.62. The molecule has 0 bridgehead atoms. The van der Waals surface area contributed by atoms with Gasteiger partial charge in [-0.05, 0) is 37.0 Å². The Morgan fingerprint density at radius 1 is 1.00 bits per heavy atom. The van der Waals surface area contributed by atoms with Gasteiger partial charge < -0.3 is 16.0 Å². The van der Waals surface area contributed by atoms with Crippen molar-refractivity contribution in [2.45, 2.75) is 44.4 Å². The van der Waals surface area contributed by atoms with E-state index in [2.05, 4.69) is 77.5 Å². The Morgan fingerprint density at radius 2 is 1.74 bits per heavy atom. The van der Waals surface area contributed by atoms with Crippen molar-refractivity contribution in [2.24, 2.45) is 0 Å². The minimum absolute atomic E-state index is 0.377.